The van der Waals surface area contributed by atoms with E-state index in [-0.39, 0.29) is 6.04 Å². The Morgan fingerprint density at radius 3 is 2.71 bits per heavy atom. The van der Waals surface area contributed by atoms with Gasteiger partial charge in [0.15, 0.2) is 0 Å². The minimum Gasteiger partial charge on any atom is -0.378 e. The van der Waals surface area contributed by atoms with Crippen LogP contribution in [-0.4, -0.2) is 23.9 Å². The fraction of sp³-hybridized carbons (Fsp3) is 0.438. The SMILES string of the molecule is CCn1nc(C)c(Cl)c1CC(N)c1cccc(N(C)C)c1. The van der Waals surface area contributed by atoms with Crippen LogP contribution in [0.5, 0.6) is 0 Å². The Morgan fingerprint density at radius 1 is 1.38 bits per heavy atom. The van der Waals surface area contributed by atoms with Crippen LogP contribution >= 0.6 is 11.6 Å². The van der Waals surface area contributed by atoms with Crippen molar-refractivity contribution in [3.63, 3.8) is 0 Å². The van der Waals surface area contributed by atoms with Gasteiger partial charge in [0.1, 0.15) is 0 Å². The van der Waals surface area contributed by atoms with E-state index in [2.05, 4.69) is 35.1 Å². The van der Waals surface area contributed by atoms with Crippen LogP contribution in [0.4, 0.5) is 5.69 Å². The lowest BCUT2D eigenvalue weighted by atomic mass is 10.0. The maximum absolute atomic E-state index is 6.38. The van der Waals surface area contributed by atoms with Crippen molar-refractivity contribution in [3.05, 3.63) is 46.2 Å². The summed E-state index contributed by atoms with van der Waals surface area (Å²) in [7, 11) is 4.05. The van der Waals surface area contributed by atoms with Gasteiger partial charge in [0.05, 0.1) is 16.4 Å². The van der Waals surface area contributed by atoms with Crippen LogP contribution in [0, 0.1) is 6.92 Å². The molecule has 1 aromatic heterocycles. The van der Waals surface area contributed by atoms with Crippen LogP contribution in [0.3, 0.4) is 0 Å². The number of nitrogens with two attached hydrogens (primary N) is 1. The van der Waals surface area contributed by atoms with Gasteiger partial charge in [-0.3, -0.25) is 4.68 Å². The molecule has 0 aliphatic rings. The molecule has 0 radical (unpaired) electrons. The molecule has 0 saturated carbocycles. The average molecular weight is 307 g/mol. The van der Waals surface area contributed by atoms with Gasteiger partial charge in [0, 0.05) is 38.8 Å². The molecule has 0 aliphatic carbocycles. The molecular weight excluding hydrogens is 284 g/mol. The molecule has 5 heteroatoms. The zero-order valence-corrected chi connectivity index (χ0v) is 13.9. The Kier molecular flexibility index (Phi) is 4.91. The molecule has 1 unspecified atom stereocenters. The molecule has 1 heterocycles. The molecule has 2 N–H and O–H groups in total. The second-order valence-corrected chi connectivity index (χ2v) is 5.84. The predicted octanol–water partition coefficient (Wildman–Crippen LogP) is 3.17. The first-order valence-corrected chi connectivity index (χ1v) is 7.56. The smallest absolute Gasteiger partial charge is 0.0847 e. The molecule has 114 valence electrons. The van der Waals surface area contributed by atoms with Crippen molar-refractivity contribution in [2.45, 2.75) is 32.9 Å². The number of aryl methyl sites for hydroxylation is 2. The van der Waals surface area contributed by atoms with E-state index in [1.54, 1.807) is 0 Å². The molecule has 2 rings (SSSR count). The Labute approximate surface area is 131 Å². The molecule has 0 amide bonds. The monoisotopic (exact) mass is 306 g/mol. The zero-order valence-electron chi connectivity index (χ0n) is 13.1. The molecule has 0 fully saturated rings. The molecule has 2 aromatic rings. The van der Waals surface area contributed by atoms with Gasteiger partial charge in [0.2, 0.25) is 0 Å². The molecule has 4 nitrogen and oxygen atoms in total. The van der Waals surface area contributed by atoms with Crippen molar-refractivity contribution in [2.24, 2.45) is 5.73 Å². The Hall–Kier alpha value is -1.52. The molecule has 1 atom stereocenters. The van der Waals surface area contributed by atoms with Crippen molar-refractivity contribution in [2.75, 3.05) is 19.0 Å². The van der Waals surface area contributed by atoms with Gasteiger partial charge in [-0.2, -0.15) is 5.10 Å². The number of hydrogen-bond acceptors (Lipinski definition) is 3. The van der Waals surface area contributed by atoms with Gasteiger partial charge >= 0.3 is 0 Å². The lowest BCUT2D eigenvalue weighted by Crippen LogP contribution is -2.17. The molecule has 0 bridgehead atoms. The minimum absolute atomic E-state index is 0.0937. The summed E-state index contributed by atoms with van der Waals surface area (Å²) in [5, 5.41) is 5.17. The second-order valence-electron chi connectivity index (χ2n) is 5.46. The molecular formula is C16H23ClN4. The first kappa shape index (κ1) is 15.9. The third-order valence-corrected chi connectivity index (χ3v) is 4.17. The van der Waals surface area contributed by atoms with Crippen LogP contribution in [0.15, 0.2) is 24.3 Å². The minimum atomic E-state index is -0.0937. The van der Waals surface area contributed by atoms with E-state index in [1.165, 1.54) is 0 Å². The standard InChI is InChI=1S/C16H23ClN4/c1-5-21-15(16(17)11(2)19-21)10-14(18)12-7-6-8-13(9-12)20(3)4/h6-9,14H,5,10,18H2,1-4H3. The summed E-state index contributed by atoms with van der Waals surface area (Å²) >= 11 is 6.36. The number of hydrogen-bond donors (Lipinski definition) is 1. The summed E-state index contributed by atoms with van der Waals surface area (Å²) < 4.78 is 1.94. The van der Waals surface area contributed by atoms with Crippen LogP contribution in [0.2, 0.25) is 5.02 Å². The summed E-state index contributed by atoms with van der Waals surface area (Å²) in [6, 6.07) is 8.20. The van der Waals surface area contributed by atoms with Crippen LogP contribution in [0.25, 0.3) is 0 Å². The van der Waals surface area contributed by atoms with E-state index >= 15 is 0 Å². The molecule has 0 aliphatic heterocycles. The molecule has 0 spiro atoms. The van der Waals surface area contributed by atoms with Gasteiger partial charge < -0.3 is 10.6 Å². The third kappa shape index (κ3) is 3.39. The van der Waals surface area contributed by atoms with Crippen LogP contribution in [-0.2, 0) is 13.0 Å². The van der Waals surface area contributed by atoms with Gasteiger partial charge in [-0.25, -0.2) is 0 Å². The lowest BCUT2D eigenvalue weighted by Gasteiger charge is -2.17. The highest BCUT2D eigenvalue weighted by atomic mass is 35.5. The normalized spacial score (nSPS) is 12.5. The highest BCUT2D eigenvalue weighted by Crippen LogP contribution is 2.26. The third-order valence-electron chi connectivity index (χ3n) is 3.68. The van der Waals surface area contributed by atoms with Crippen LogP contribution in [0.1, 0.15) is 29.9 Å². The van der Waals surface area contributed by atoms with E-state index < -0.39 is 0 Å². The topological polar surface area (TPSA) is 47.1 Å². The largest absolute Gasteiger partial charge is 0.378 e. The van der Waals surface area contributed by atoms with E-state index in [1.807, 2.05) is 31.8 Å². The first-order chi connectivity index (χ1) is 9.93. The molecule has 0 saturated heterocycles. The summed E-state index contributed by atoms with van der Waals surface area (Å²) in [6.07, 6.45) is 0.685. The quantitative estimate of drug-likeness (QED) is 0.923. The maximum Gasteiger partial charge on any atom is 0.0847 e. The summed E-state index contributed by atoms with van der Waals surface area (Å²) in [6.45, 7) is 4.79. The number of nitrogens with zero attached hydrogens (tertiary/aromatic N) is 3. The predicted molar refractivity (Wildman–Crippen MR) is 89.0 cm³/mol. The molecule has 1 aromatic carbocycles. The number of aromatic nitrogens is 2. The van der Waals surface area contributed by atoms with Gasteiger partial charge in [-0.15, -0.1) is 0 Å². The summed E-state index contributed by atoms with van der Waals surface area (Å²) in [5.41, 5.74) is 10.5. The Morgan fingerprint density at radius 2 is 2.10 bits per heavy atom. The average Bonchev–Trinajstić information content (AvgIpc) is 2.75. The van der Waals surface area contributed by atoms with Crippen molar-refractivity contribution >= 4 is 17.3 Å². The van der Waals surface area contributed by atoms with Gasteiger partial charge in [0.25, 0.3) is 0 Å². The lowest BCUT2D eigenvalue weighted by molar-refractivity contribution is 0.587. The van der Waals surface area contributed by atoms with Crippen LogP contribution < -0.4 is 10.6 Å². The number of benzene rings is 1. The number of halogens is 1. The van der Waals surface area contributed by atoms with Crippen molar-refractivity contribution in [1.29, 1.82) is 0 Å². The van der Waals surface area contributed by atoms with E-state index in [0.717, 1.165) is 34.2 Å². The fourth-order valence-electron chi connectivity index (χ4n) is 2.42. The van der Waals surface area contributed by atoms with Crippen molar-refractivity contribution in [1.82, 2.24) is 9.78 Å². The van der Waals surface area contributed by atoms with Crippen molar-refractivity contribution < 1.29 is 0 Å². The van der Waals surface area contributed by atoms with E-state index in [0.29, 0.717) is 6.42 Å². The Balaban J connectivity index is 2.26. The van der Waals surface area contributed by atoms with E-state index in [4.69, 9.17) is 17.3 Å². The van der Waals surface area contributed by atoms with Crippen molar-refractivity contribution in [3.8, 4) is 0 Å². The fourth-order valence-corrected chi connectivity index (χ4v) is 2.64. The highest BCUT2D eigenvalue weighted by Gasteiger charge is 2.17. The van der Waals surface area contributed by atoms with E-state index in [9.17, 15) is 0 Å². The molecule has 21 heavy (non-hydrogen) atoms. The number of rotatable bonds is 5. The zero-order chi connectivity index (χ0) is 15.6. The maximum atomic E-state index is 6.38. The summed E-state index contributed by atoms with van der Waals surface area (Å²) in [5.74, 6) is 0. The first-order valence-electron chi connectivity index (χ1n) is 7.18. The Bertz CT molecular complexity index is 619. The van der Waals surface area contributed by atoms with Gasteiger partial charge in [-0.05, 0) is 31.5 Å². The number of anilines is 1. The second kappa shape index (κ2) is 6.50. The summed E-state index contributed by atoms with van der Waals surface area (Å²) in [4.78, 5) is 2.07. The van der Waals surface area contributed by atoms with Gasteiger partial charge in [-0.1, -0.05) is 23.7 Å². The highest BCUT2D eigenvalue weighted by molar-refractivity contribution is 6.31.